The van der Waals surface area contributed by atoms with Crippen molar-refractivity contribution in [2.24, 2.45) is 0 Å². The summed E-state index contributed by atoms with van der Waals surface area (Å²) >= 11 is 0. The second kappa shape index (κ2) is 13.1. The van der Waals surface area contributed by atoms with E-state index in [4.69, 9.17) is 9.47 Å². The Morgan fingerprint density at radius 2 is 1.77 bits per heavy atom. The molecule has 9 heteroatoms. The molecule has 0 N–H and O–H groups in total. The first-order valence-electron chi connectivity index (χ1n) is 12.8. The van der Waals surface area contributed by atoms with Crippen molar-refractivity contribution in [1.82, 2.24) is 19.0 Å². The first-order chi connectivity index (χ1) is 16.7. The lowest BCUT2D eigenvalue weighted by Gasteiger charge is -2.36. The molecular weight excluding hydrogens is 464 g/mol. The fraction of sp³-hybridized carbons (Fsp3) is 0.731. The molecule has 8 nitrogen and oxygen atoms in total. The molecule has 2 heterocycles. The molecule has 0 aliphatic carbocycles. The smallest absolute Gasteiger partial charge is 0.248 e. The average molecular weight is 509 g/mol. The predicted molar refractivity (Wildman–Crippen MR) is 140 cm³/mol. The SMILES string of the molecule is CCN1CCC(N2CC[C@H](N(C)C(=O)COCCN(C)S(=O)c3c(C)cc(OC)cc3C)C2)CC1. The Hall–Kier alpha value is -1.52. The van der Waals surface area contributed by atoms with Gasteiger partial charge in [0, 0.05) is 45.8 Å². The second-order valence-electron chi connectivity index (χ2n) is 9.85. The Kier molecular flexibility index (Phi) is 10.5. The highest BCUT2D eigenvalue weighted by molar-refractivity contribution is 7.82. The lowest BCUT2D eigenvalue weighted by molar-refractivity contribution is -0.136. The number of carbonyl (C=O) groups is 1. The number of hydrogen-bond acceptors (Lipinski definition) is 6. The van der Waals surface area contributed by atoms with Crippen LogP contribution in [-0.4, -0.2) is 115 Å². The molecule has 198 valence electrons. The summed E-state index contributed by atoms with van der Waals surface area (Å²) in [5, 5.41) is 0. The van der Waals surface area contributed by atoms with Crippen LogP contribution in [0.5, 0.6) is 5.75 Å². The minimum absolute atomic E-state index is 0.0169. The molecule has 1 aromatic carbocycles. The molecule has 3 rings (SSSR count). The van der Waals surface area contributed by atoms with Crippen LogP contribution >= 0.6 is 0 Å². The number of rotatable bonds is 11. The molecule has 1 unspecified atom stereocenters. The summed E-state index contributed by atoms with van der Waals surface area (Å²) in [6.07, 6.45) is 3.48. The number of aryl methyl sites for hydroxylation is 2. The van der Waals surface area contributed by atoms with Crippen molar-refractivity contribution in [3.05, 3.63) is 23.3 Å². The van der Waals surface area contributed by atoms with E-state index in [9.17, 15) is 9.00 Å². The number of carbonyl (C=O) groups excluding carboxylic acids is 1. The van der Waals surface area contributed by atoms with Crippen LogP contribution in [0.4, 0.5) is 0 Å². The van der Waals surface area contributed by atoms with Crippen molar-refractivity contribution >= 4 is 16.9 Å². The zero-order valence-corrected chi connectivity index (χ0v) is 23.2. The van der Waals surface area contributed by atoms with E-state index in [1.807, 2.05) is 45.0 Å². The van der Waals surface area contributed by atoms with Gasteiger partial charge < -0.3 is 19.3 Å². The maximum Gasteiger partial charge on any atom is 0.248 e. The molecule has 2 atom stereocenters. The van der Waals surface area contributed by atoms with Crippen LogP contribution in [0.2, 0.25) is 0 Å². The summed E-state index contributed by atoms with van der Waals surface area (Å²) in [7, 11) is 4.04. The van der Waals surface area contributed by atoms with Crippen molar-refractivity contribution in [1.29, 1.82) is 0 Å². The van der Waals surface area contributed by atoms with Crippen LogP contribution in [0.3, 0.4) is 0 Å². The van der Waals surface area contributed by atoms with E-state index in [-0.39, 0.29) is 18.6 Å². The fourth-order valence-corrected chi connectivity index (χ4v) is 6.44. The molecule has 1 amide bonds. The van der Waals surface area contributed by atoms with E-state index in [1.54, 1.807) is 11.4 Å². The van der Waals surface area contributed by atoms with Gasteiger partial charge >= 0.3 is 0 Å². The molecule has 0 bridgehead atoms. The lowest BCUT2D eigenvalue weighted by atomic mass is 10.0. The second-order valence-corrected chi connectivity index (χ2v) is 11.4. The number of piperidine rings is 1. The van der Waals surface area contributed by atoms with Gasteiger partial charge in [0.2, 0.25) is 5.91 Å². The maximum atomic E-state index is 13.1. The summed E-state index contributed by atoms with van der Waals surface area (Å²) in [5.74, 6) is 0.782. The predicted octanol–water partition coefficient (Wildman–Crippen LogP) is 2.30. The van der Waals surface area contributed by atoms with Gasteiger partial charge in [0.05, 0.1) is 18.6 Å². The van der Waals surface area contributed by atoms with E-state index < -0.39 is 11.0 Å². The topological polar surface area (TPSA) is 65.6 Å². The zero-order chi connectivity index (χ0) is 25.5. The summed E-state index contributed by atoms with van der Waals surface area (Å²) in [6, 6.07) is 4.71. The minimum atomic E-state index is -1.30. The van der Waals surface area contributed by atoms with Gasteiger partial charge in [-0.3, -0.25) is 9.69 Å². The van der Waals surface area contributed by atoms with Crippen molar-refractivity contribution in [2.75, 3.05) is 73.7 Å². The van der Waals surface area contributed by atoms with E-state index >= 15 is 0 Å². The molecule has 2 fully saturated rings. The summed E-state index contributed by atoms with van der Waals surface area (Å²) in [6.45, 7) is 12.5. The first-order valence-corrected chi connectivity index (χ1v) is 13.9. The number of ether oxygens (including phenoxy) is 2. The Balaban J connectivity index is 1.39. The molecule has 2 aliphatic rings. The van der Waals surface area contributed by atoms with Crippen LogP contribution in [0.15, 0.2) is 17.0 Å². The van der Waals surface area contributed by atoms with Gasteiger partial charge in [-0.05, 0) is 76.0 Å². The van der Waals surface area contributed by atoms with Gasteiger partial charge in [-0.15, -0.1) is 0 Å². The van der Waals surface area contributed by atoms with Crippen LogP contribution < -0.4 is 4.74 Å². The number of likely N-dealkylation sites (tertiary alicyclic amines) is 2. The number of methoxy groups -OCH3 is 1. The maximum absolute atomic E-state index is 13.1. The van der Waals surface area contributed by atoms with Gasteiger partial charge in [0.15, 0.2) is 0 Å². The summed E-state index contributed by atoms with van der Waals surface area (Å²) < 4.78 is 25.8. The zero-order valence-electron chi connectivity index (χ0n) is 22.4. The van der Waals surface area contributed by atoms with Gasteiger partial charge in [-0.2, -0.15) is 0 Å². The van der Waals surface area contributed by atoms with E-state index in [0.717, 1.165) is 47.8 Å². The van der Waals surface area contributed by atoms with Crippen molar-refractivity contribution in [2.45, 2.75) is 57.0 Å². The molecule has 0 spiro atoms. The average Bonchev–Trinajstić information content (AvgIpc) is 3.35. The third-order valence-electron chi connectivity index (χ3n) is 7.56. The highest BCUT2D eigenvalue weighted by Gasteiger charge is 2.33. The van der Waals surface area contributed by atoms with Crippen LogP contribution in [0.1, 0.15) is 37.3 Å². The van der Waals surface area contributed by atoms with Gasteiger partial charge in [-0.1, -0.05) is 6.92 Å². The summed E-state index contributed by atoms with van der Waals surface area (Å²) in [5.41, 5.74) is 1.87. The lowest BCUT2D eigenvalue weighted by Crippen LogP contribution is -2.46. The number of hydrogen-bond donors (Lipinski definition) is 0. The number of nitrogens with zero attached hydrogens (tertiary/aromatic N) is 4. The Morgan fingerprint density at radius 3 is 2.37 bits per heavy atom. The molecule has 1 aromatic rings. The van der Waals surface area contributed by atoms with Crippen molar-refractivity contribution < 1.29 is 18.5 Å². The highest BCUT2D eigenvalue weighted by Crippen LogP contribution is 2.26. The third kappa shape index (κ3) is 7.26. The minimum Gasteiger partial charge on any atom is -0.497 e. The van der Waals surface area contributed by atoms with E-state index in [2.05, 4.69) is 16.7 Å². The number of likely N-dealkylation sites (N-methyl/N-ethyl adjacent to an activating group) is 2. The number of amides is 1. The quantitative estimate of drug-likeness (QED) is 0.428. The van der Waals surface area contributed by atoms with Crippen LogP contribution in [0, 0.1) is 13.8 Å². The highest BCUT2D eigenvalue weighted by atomic mass is 32.2. The van der Waals surface area contributed by atoms with Gasteiger partial charge in [0.25, 0.3) is 0 Å². The molecular formula is C26H44N4O4S. The van der Waals surface area contributed by atoms with Gasteiger partial charge in [-0.25, -0.2) is 8.51 Å². The molecule has 2 aliphatic heterocycles. The third-order valence-corrected chi connectivity index (χ3v) is 9.30. The molecule has 2 saturated heterocycles. The monoisotopic (exact) mass is 508 g/mol. The standard InChI is InChI=1S/C26H44N4O4S/c1-7-29-11-8-22(9-12-29)30-13-10-23(18-30)28(5)25(31)19-34-15-14-27(4)35(32)26-20(2)16-24(33-6)17-21(26)3/h16-17,22-23H,7-15,18-19H2,1-6H3/t23-,35?/m0/s1. The molecule has 0 saturated carbocycles. The normalized spacial score (nSPS) is 20.9. The largest absolute Gasteiger partial charge is 0.497 e. The Bertz CT molecular complexity index is 852. The van der Waals surface area contributed by atoms with Crippen LogP contribution in [-0.2, 0) is 20.5 Å². The Labute approximate surface area is 214 Å². The van der Waals surface area contributed by atoms with E-state index in [0.29, 0.717) is 19.2 Å². The molecule has 0 aromatic heterocycles. The Morgan fingerprint density at radius 1 is 1.11 bits per heavy atom. The van der Waals surface area contributed by atoms with Gasteiger partial charge in [0.1, 0.15) is 23.3 Å². The number of benzene rings is 1. The van der Waals surface area contributed by atoms with E-state index in [1.165, 1.54) is 25.9 Å². The molecule has 0 radical (unpaired) electrons. The van der Waals surface area contributed by atoms with Crippen LogP contribution in [0.25, 0.3) is 0 Å². The van der Waals surface area contributed by atoms with Crippen molar-refractivity contribution in [3.63, 3.8) is 0 Å². The molecule has 35 heavy (non-hydrogen) atoms. The first kappa shape index (κ1) is 28.1. The fourth-order valence-electron chi connectivity index (χ4n) is 5.22. The van der Waals surface area contributed by atoms with Crippen molar-refractivity contribution in [3.8, 4) is 5.75 Å². The summed E-state index contributed by atoms with van der Waals surface area (Å²) in [4.78, 5) is 20.5.